The molecule has 2 atom stereocenters. The smallest absolute Gasteiger partial charge is 0.266 e. The molecule has 1 aliphatic heterocycles. The summed E-state index contributed by atoms with van der Waals surface area (Å²) in [5.74, 6) is 0.746. The molecule has 2 heterocycles. The molecule has 0 aliphatic carbocycles. The van der Waals surface area contributed by atoms with Crippen molar-refractivity contribution in [3.63, 3.8) is 0 Å². The maximum Gasteiger partial charge on any atom is 0.266 e. The minimum atomic E-state index is 0.0235. The van der Waals surface area contributed by atoms with Crippen molar-refractivity contribution >= 4 is 28.8 Å². The van der Waals surface area contributed by atoms with E-state index in [0.29, 0.717) is 29.7 Å². The second kappa shape index (κ2) is 7.72. The van der Waals surface area contributed by atoms with E-state index < -0.39 is 0 Å². The van der Waals surface area contributed by atoms with Crippen LogP contribution in [0.15, 0.2) is 24.3 Å². The lowest BCUT2D eigenvalue weighted by Gasteiger charge is -2.36. The molecule has 25 heavy (non-hydrogen) atoms. The monoisotopic (exact) mass is 380 g/mol. The fourth-order valence-electron chi connectivity index (χ4n) is 2.71. The van der Waals surface area contributed by atoms with Crippen LogP contribution in [0.3, 0.4) is 0 Å². The summed E-state index contributed by atoms with van der Waals surface area (Å²) in [5.41, 5.74) is 0.746. The van der Waals surface area contributed by atoms with Gasteiger partial charge in [-0.25, -0.2) is 4.98 Å². The molecule has 134 valence electrons. The number of nitrogens with zero attached hydrogens (tertiary/aromatic N) is 2. The summed E-state index contributed by atoms with van der Waals surface area (Å²) in [6.45, 7) is 7.35. The summed E-state index contributed by atoms with van der Waals surface area (Å²) in [7, 11) is 0. The fourth-order valence-corrected chi connectivity index (χ4v) is 3.76. The number of benzene rings is 1. The zero-order chi connectivity index (χ0) is 18.0. The third-order valence-electron chi connectivity index (χ3n) is 4.08. The van der Waals surface area contributed by atoms with Gasteiger partial charge < -0.3 is 14.4 Å². The summed E-state index contributed by atoms with van der Waals surface area (Å²) < 4.78 is 11.3. The van der Waals surface area contributed by atoms with Gasteiger partial charge in [0.25, 0.3) is 5.91 Å². The Kier molecular flexibility index (Phi) is 5.61. The van der Waals surface area contributed by atoms with Crippen LogP contribution in [0.5, 0.6) is 5.75 Å². The van der Waals surface area contributed by atoms with Crippen molar-refractivity contribution in [2.75, 3.05) is 13.2 Å². The number of hydrogen-bond acceptors (Lipinski definition) is 5. The van der Waals surface area contributed by atoms with Crippen molar-refractivity contribution in [3.8, 4) is 5.75 Å². The number of hydrogen-bond donors (Lipinski definition) is 0. The molecule has 3 rings (SSSR count). The number of aryl methyl sites for hydroxylation is 1. The molecule has 0 spiro atoms. The summed E-state index contributed by atoms with van der Waals surface area (Å²) in [6, 6.07) is 7.25. The maximum absolute atomic E-state index is 12.9. The fraction of sp³-hybridized carbons (Fsp3) is 0.444. The van der Waals surface area contributed by atoms with Crippen LogP contribution >= 0.6 is 22.9 Å². The Bertz CT molecular complexity index is 747. The van der Waals surface area contributed by atoms with Crippen molar-refractivity contribution < 1.29 is 14.3 Å². The normalized spacial score (nSPS) is 20.6. The molecule has 1 aromatic heterocycles. The van der Waals surface area contributed by atoms with Gasteiger partial charge in [0.15, 0.2) is 0 Å². The Morgan fingerprint density at radius 2 is 2.12 bits per heavy atom. The Labute approximate surface area is 156 Å². The molecule has 1 saturated heterocycles. The van der Waals surface area contributed by atoms with Gasteiger partial charge in [-0.15, -0.1) is 11.3 Å². The Morgan fingerprint density at radius 3 is 2.84 bits per heavy atom. The molecule has 0 radical (unpaired) electrons. The number of thiazole rings is 1. The summed E-state index contributed by atoms with van der Waals surface area (Å²) in [4.78, 5) is 19.9. The molecule has 0 N–H and O–H groups in total. The molecule has 2 aromatic rings. The minimum Gasteiger partial charge on any atom is -0.486 e. The van der Waals surface area contributed by atoms with Crippen LogP contribution in [0, 0.1) is 6.92 Å². The Hall–Kier alpha value is -1.63. The van der Waals surface area contributed by atoms with Gasteiger partial charge in [-0.05, 0) is 45.0 Å². The highest BCUT2D eigenvalue weighted by atomic mass is 35.5. The zero-order valence-electron chi connectivity index (χ0n) is 14.5. The van der Waals surface area contributed by atoms with Crippen LogP contribution in [0.25, 0.3) is 0 Å². The second-order valence-electron chi connectivity index (χ2n) is 6.22. The van der Waals surface area contributed by atoms with Crippen molar-refractivity contribution in [1.29, 1.82) is 0 Å². The molecule has 2 unspecified atom stereocenters. The second-order valence-corrected chi connectivity index (χ2v) is 7.74. The van der Waals surface area contributed by atoms with Gasteiger partial charge >= 0.3 is 0 Å². The topological polar surface area (TPSA) is 51.7 Å². The number of amides is 1. The first kappa shape index (κ1) is 18.2. The number of morpholine rings is 1. The van der Waals surface area contributed by atoms with Gasteiger partial charge in [-0.1, -0.05) is 11.6 Å². The first-order chi connectivity index (χ1) is 11.9. The summed E-state index contributed by atoms with van der Waals surface area (Å²) >= 11 is 7.26. The van der Waals surface area contributed by atoms with E-state index in [-0.39, 0.29) is 18.1 Å². The number of carbonyl (C=O) groups is 1. The molecular weight excluding hydrogens is 360 g/mol. The van der Waals surface area contributed by atoms with Crippen LogP contribution in [0.2, 0.25) is 5.02 Å². The van der Waals surface area contributed by atoms with Gasteiger partial charge in [-0.2, -0.15) is 0 Å². The van der Waals surface area contributed by atoms with Gasteiger partial charge in [0.05, 0.1) is 24.4 Å². The van der Waals surface area contributed by atoms with Gasteiger partial charge in [0.2, 0.25) is 0 Å². The van der Waals surface area contributed by atoms with Crippen LogP contribution < -0.4 is 4.74 Å². The maximum atomic E-state index is 12.9. The van der Waals surface area contributed by atoms with Gasteiger partial charge in [0.1, 0.15) is 22.2 Å². The van der Waals surface area contributed by atoms with Crippen LogP contribution in [0.1, 0.15) is 34.2 Å². The number of ether oxygens (including phenoxy) is 2. The molecule has 0 saturated carbocycles. The predicted molar refractivity (Wildman–Crippen MR) is 98.5 cm³/mol. The van der Waals surface area contributed by atoms with Gasteiger partial charge in [-0.3, -0.25) is 4.79 Å². The van der Waals surface area contributed by atoms with Crippen LogP contribution in [-0.4, -0.2) is 41.1 Å². The van der Waals surface area contributed by atoms with E-state index in [1.807, 2.05) is 37.8 Å². The molecule has 1 aliphatic rings. The number of aromatic nitrogens is 1. The lowest BCUT2D eigenvalue weighted by Crippen LogP contribution is -2.50. The van der Waals surface area contributed by atoms with E-state index in [0.717, 1.165) is 16.5 Å². The summed E-state index contributed by atoms with van der Waals surface area (Å²) in [6.07, 6.45) is 0.0566. The SMILES string of the molecule is Cc1nc(COc2ccc(Cl)cc2)sc1C(=O)N1CC(C)OCC1C. The first-order valence-corrected chi connectivity index (χ1v) is 9.40. The molecule has 7 heteroatoms. The third-order valence-corrected chi connectivity index (χ3v) is 5.45. The number of carbonyl (C=O) groups excluding carboxylic acids is 1. The van der Waals surface area contributed by atoms with E-state index in [9.17, 15) is 4.79 Å². The minimum absolute atomic E-state index is 0.0235. The predicted octanol–water partition coefficient (Wildman–Crippen LogP) is 3.93. The highest BCUT2D eigenvalue weighted by Crippen LogP contribution is 2.24. The standard InChI is InChI=1S/C18H21ClN2O3S/c1-11-9-23-12(2)8-21(11)18(22)17-13(3)20-16(25-17)10-24-15-6-4-14(19)5-7-15/h4-7,11-12H,8-10H2,1-3H3. The van der Waals surface area contributed by atoms with Crippen molar-refractivity contribution in [3.05, 3.63) is 44.9 Å². The van der Waals surface area contributed by atoms with Crippen LogP contribution in [-0.2, 0) is 11.3 Å². The zero-order valence-corrected chi connectivity index (χ0v) is 16.1. The van der Waals surface area contributed by atoms with Crippen molar-refractivity contribution in [2.45, 2.75) is 39.5 Å². The van der Waals surface area contributed by atoms with E-state index in [1.54, 1.807) is 12.1 Å². The van der Waals surface area contributed by atoms with Crippen molar-refractivity contribution in [2.24, 2.45) is 0 Å². The van der Waals surface area contributed by atoms with E-state index in [4.69, 9.17) is 21.1 Å². The quantitative estimate of drug-likeness (QED) is 0.806. The molecule has 1 aromatic carbocycles. The Balaban J connectivity index is 1.69. The Morgan fingerprint density at radius 1 is 1.40 bits per heavy atom. The van der Waals surface area contributed by atoms with Crippen molar-refractivity contribution in [1.82, 2.24) is 9.88 Å². The molecule has 0 bridgehead atoms. The lowest BCUT2D eigenvalue weighted by atomic mass is 10.2. The molecule has 1 fully saturated rings. The highest BCUT2D eigenvalue weighted by molar-refractivity contribution is 7.13. The lowest BCUT2D eigenvalue weighted by molar-refractivity contribution is -0.0385. The van der Waals surface area contributed by atoms with E-state index in [1.165, 1.54) is 11.3 Å². The molecule has 5 nitrogen and oxygen atoms in total. The highest BCUT2D eigenvalue weighted by Gasteiger charge is 2.30. The number of rotatable bonds is 4. The average Bonchev–Trinajstić information content (AvgIpc) is 2.97. The first-order valence-electron chi connectivity index (χ1n) is 8.21. The van der Waals surface area contributed by atoms with E-state index in [2.05, 4.69) is 4.98 Å². The number of halogens is 1. The molecular formula is C18H21ClN2O3S. The van der Waals surface area contributed by atoms with Crippen LogP contribution in [0.4, 0.5) is 0 Å². The van der Waals surface area contributed by atoms with Gasteiger partial charge in [0, 0.05) is 11.6 Å². The molecule has 1 amide bonds. The average molecular weight is 381 g/mol. The third kappa shape index (κ3) is 4.32. The summed E-state index contributed by atoms with van der Waals surface area (Å²) in [5, 5.41) is 1.45. The van der Waals surface area contributed by atoms with E-state index >= 15 is 0 Å². The largest absolute Gasteiger partial charge is 0.486 e.